The Balaban J connectivity index is 1.94. The monoisotopic (exact) mass is 394 g/mol. The molecule has 3 aromatic carbocycles. The Morgan fingerprint density at radius 1 is 0.893 bits per heavy atom. The van der Waals surface area contributed by atoms with Gasteiger partial charge in [-0.15, -0.1) is 0 Å². The Hall–Kier alpha value is -2.72. The minimum absolute atomic E-state index is 0.282. The molecule has 0 spiro atoms. The third-order valence-corrected chi connectivity index (χ3v) is 7.02. The summed E-state index contributed by atoms with van der Waals surface area (Å²) >= 11 is 0. The second-order valence-corrected chi connectivity index (χ2v) is 8.61. The van der Waals surface area contributed by atoms with Gasteiger partial charge in [0.1, 0.15) is 5.78 Å². The second kappa shape index (κ2) is 9.47. The van der Waals surface area contributed by atoms with Gasteiger partial charge in [-0.25, -0.2) is 5.43 Å². The molecule has 0 aliphatic heterocycles. The third-order valence-electron chi connectivity index (χ3n) is 4.25. The molecule has 0 aliphatic rings. The van der Waals surface area contributed by atoms with Crippen molar-refractivity contribution in [3.05, 3.63) is 102 Å². The maximum Gasteiger partial charge on any atom is 0.265 e. The summed E-state index contributed by atoms with van der Waals surface area (Å²) in [6.45, 7) is 2.09. The van der Waals surface area contributed by atoms with Gasteiger partial charge in [-0.1, -0.05) is 66.7 Å². The van der Waals surface area contributed by atoms with E-state index in [-0.39, 0.29) is 12.5 Å². The summed E-state index contributed by atoms with van der Waals surface area (Å²) in [6.07, 6.45) is 0. The van der Waals surface area contributed by atoms with E-state index in [1.165, 1.54) is 0 Å². The molecule has 0 saturated heterocycles. The van der Waals surface area contributed by atoms with Crippen molar-refractivity contribution >= 4 is 18.6 Å². The first-order valence-electron chi connectivity index (χ1n) is 9.11. The molecule has 28 heavy (non-hydrogen) atoms. The molecule has 3 rings (SSSR count). The van der Waals surface area contributed by atoms with Crippen LogP contribution in [0.3, 0.4) is 0 Å². The van der Waals surface area contributed by atoms with Crippen LogP contribution in [-0.4, -0.2) is 12.5 Å². The van der Waals surface area contributed by atoms with Crippen molar-refractivity contribution in [2.24, 2.45) is 0 Å². The van der Waals surface area contributed by atoms with Gasteiger partial charge in [-0.2, -0.15) is 0 Å². The van der Waals surface area contributed by atoms with Gasteiger partial charge in [0.05, 0.1) is 6.61 Å². The standard InChI is InChI=1S/C22H23N2O3P/c1-2-27-28(26,20-16-10-5-11-17-20)22(19-14-8-4-9-15-19)24-23-21(25)18-12-6-3-7-13-18/h3-17,22,24H,2H2,1H3,(H,23,25). The van der Waals surface area contributed by atoms with Gasteiger partial charge < -0.3 is 4.52 Å². The van der Waals surface area contributed by atoms with E-state index in [9.17, 15) is 9.36 Å². The van der Waals surface area contributed by atoms with E-state index >= 15 is 0 Å². The van der Waals surface area contributed by atoms with Crippen molar-refractivity contribution in [3.63, 3.8) is 0 Å². The van der Waals surface area contributed by atoms with Crippen LogP contribution in [0, 0.1) is 0 Å². The van der Waals surface area contributed by atoms with Crippen LogP contribution in [0.4, 0.5) is 0 Å². The highest BCUT2D eigenvalue weighted by atomic mass is 31.2. The first kappa shape index (κ1) is 20.0. The van der Waals surface area contributed by atoms with E-state index < -0.39 is 13.2 Å². The minimum Gasteiger partial charge on any atom is -0.324 e. The van der Waals surface area contributed by atoms with Crippen molar-refractivity contribution in [2.75, 3.05) is 6.61 Å². The van der Waals surface area contributed by atoms with Crippen LogP contribution in [0.1, 0.15) is 28.6 Å². The van der Waals surface area contributed by atoms with Crippen LogP contribution in [0.25, 0.3) is 0 Å². The molecule has 3 aromatic rings. The topological polar surface area (TPSA) is 67.4 Å². The summed E-state index contributed by atoms with van der Waals surface area (Å²) in [6, 6.07) is 27.3. The molecule has 0 aliphatic carbocycles. The molecule has 0 radical (unpaired) electrons. The van der Waals surface area contributed by atoms with Crippen LogP contribution in [0.15, 0.2) is 91.0 Å². The Kier molecular flexibility index (Phi) is 6.77. The summed E-state index contributed by atoms with van der Waals surface area (Å²) in [5, 5.41) is 0.590. The SMILES string of the molecule is CCOP(=O)(c1ccccc1)C(NNC(=O)c1ccccc1)c1ccccc1. The first-order chi connectivity index (χ1) is 13.6. The van der Waals surface area contributed by atoms with Gasteiger partial charge in [-0.05, 0) is 36.8 Å². The predicted octanol–water partition coefficient (Wildman–Crippen LogP) is 4.26. The van der Waals surface area contributed by atoms with Crippen LogP contribution in [0.5, 0.6) is 0 Å². The summed E-state index contributed by atoms with van der Waals surface area (Å²) in [5.41, 5.74) is 6.93. The van der Waals surface area contributed by atoms with E-state index in [1.807, 2.05) is 54.6 Å². The highest BCUT2D eigenvalue weighted by Gasteiger charge is 2.37. The predicted molar refractivity (Wildman–Crippen MR) is 112 cm³/mol. The number of benzene rings is 3. The maximum atomic E-state index is 14.0. The number of amides is 1. The molecule has 2 atom stereocenters. The zero-order valence-electron chi connectivity index (χ0n) is 15.6. The largest absolute Gasteiger partial charge is 0.324 e. The summed E-state index contributed by atoms with van der Waals surface area (Å²) in [5.74, 6) is -1.04. The molecule has 0 heterocycles. The van der Waals surface area contributed by atoms with Gasteiger partial charge in [0, 0.05) is 10.9 Å². The molecule has 0 saturated carbocycles. The van der Waals surface area contributed by atoms with Crippen LogP contribution in [0.2, 0.25) is 0 Å². The van der Waals surface area contributed by atoms with Gasteiger partial charge in [0.2, 0.25) is 0 Å². The highest BCUT2D eigenvalue weighted by Crippen LogP contribution is 2.57. The third kappa shape index (κ3) is 4.57. The van der Waals surface area contributed by atoms with Gasteiger partial charge in [0.15, 0.2) is 0 Å². The molecule has 2 unspecified atom stereocenters. The number of hydrazine groups is 1. The van der Waals surface area contributed by atoms with Gasteiger partial charge >= 0.3 is 0 Å². The average Bonchev–Trinajstić information content (AvgIpc) is 2.76. The Bertz CT molecular complexity index is 934. The Morgan fingerprint density at radius 3 is 2.00 bits per heavy atom. The molecular formula is C22H23N2O3P. The van der Waals surface area contributed by atoms with E-state index in [1.54, 1.807) is 43.3 Å². The molecule has 0 bridgehead atoms. The molecular weight excluding hydrogens is 371 g/mol. The van der Waals surface area contributed by atoms with E-state index in [2.05, 4.69) is 10.9 Å². The lowest BCUT2D eigenvalue weighted by Gasteiger charge is -2.29. The highest BCUT2D eigenvalue weighted by molar-refractivity contribution is 7.67. The van der Waals surface area contributed by atoms with Gasteiger partial charge in [0.25, 0.3) is 13.3 Å². The number of nitrogens with one attached hydrogen (secondary N) is 2. The fourth-order valence-corrected chi connectivity index (χ4v) is 5.29. The number of hydrogen-bond acceptors (Lipinski definition) is 4. The van der Waals surface area contributed by atoms with Crippen molar-refractivity contribution < 1.29 is 13.9 Å². The van der Waals surface area contributed by atoms with Crippen molar-refractivity contribution in [1.29, 1.82) is 0 Å². The average molecular weight is 394 g/mol. The van der Waals surface area contributed by atoms with E-state index in [0.717, 1.165) is 5.56 Å². The zero-order chi connectivity index (χ0) is 19.8. The normalized spacial score (nSPS) is 14.0. The summed E-state index contributed by atoms with van der Waals surface area (Å²) < 4.78 is 19.8. The Morgan fingerprint density at radius 2 is 1.43 bits per heavy atom. The number of hydrogen-bond donors (Lipinski definition) is 2. The fourth-order valence-electron chi connectivity index (χ4n) is 2.92. The molecule has 6 heteroatoms. The minimum atomic E-state index is -3.38. The molecule has 144 valence electrons. The molecule has 1 amide bonds. The van der Waals surface area contributed by atoms with Crippen LogP contribution < -0.4 is 16.2 Å². The van der Waals surface area contributed by atoms with E-state index in [0.29, 0.717) is 10.9 Å². The molecule has 2 N–H and O–H groups in total. The molecule has 5 nitrogen and oxygen atoms in total. The lowest BCUT2D eigenvalue weighted by Crippen LogP contribution is -2.41. The van der Waals surface area contributed by atoms with Gasteiger partial charge in [-0.3, -0.25) is 14.8 Å². The molecule has 0 fully saturated rings. The zero-order valence-corrected chi connectivity index (χ0v) is 16.5. The van der Waals surface area contributed by atoms with Crippen LogP contribution >= 0.6 is 7.37 Å². The quantitative estimate of drug-likeness (QED) is 0.443. The summed E-state index contributed by atoms with van der Waals surface area (Å²) in [4.78, 5) is 12.5. The second-order valence-electron chi connectivity index (χ2n) is 6.13. The number of carbonyl (C=O) groups excluding carboxylic acids is 1. The fraction of sp³-hybridized carbons (Fsp3) is 0.136. The van der Waals surface area contributed by atoms with Crippen molar-refractivity contribution in [2.45, 2.75) is 12.7 Å². The smallest absolute Gasteiger partial charge is 0.265 e. The summed E-state index contributed by atoms with van der Waals surface area (Å²) in [7, 11) is -3.38. The molecule has 0 aromatic heterocycles. The van der Waals surface area contributed by atoms with Crippen LogP contribution in [-0.2, 0) is 9.09 Å². The lowest BCUT2D eigenvalue weighted by molar-refractivity contribution is 0.0930. The number of rotatable bonds is 8. The maximum absolute atomic E-state index is 14.0. The van der Waals surface area contributed by atoms with E-state index in [4.69, 9.17) is 4.52 Å². The first-order valence-corrected chi connectivity index (χ1v) is 10.8. The van der Waals surface area contributed by atoms with Crippen molar-refractivity contribution in [3.8, 4) is 0 Å². The van der Waals surface area contributed by atoms with Crippen molar-refractivity contribution in [1.82, 2.24) is 10.9 Å². The number of carbonyl (C=O) groups is 1. The lowest BCUT2D eigenvalue weighted by atomic mass is 10.2. The Labute approximate surface area is 165 Å².